The summed E-state index contributed by atoms with van der Waals surface area (Å²) in [5.41, 5.74) is 1.93. The summed E-state index contributed by atoms with van der Waals surface area (Å²) in [6.45, 7) is 1.88. The Morgan fingerprint density at radius 3 is 2.64 bits per heavy atom. The molecule has 0 bridgehead atoms. The molecule has 14 heavy (non-hydrogen) atoms. The molecule has 0 aliphatic carbocycles. The van der Waals surface area contributed by atoms with E-state index in [9.17, 15) is 0 Å². The molecule has 74 valence electrons. The van der Waals surface area contributed by atoms with Gasteiger partial charge in [-0.3, -0.25) is 0 Å². The van der Waals surface area contributed by atoms with E-state index < -0.39 is 3.79 Å². The van der Waals surface area contributed by atoms with Gasteiger partial charge in [0.25, 0.3) is 3.79 Å². The van der Waals surface area contributed by atoms with Crippen LogP contribution < -0.4 is 0 Å². The number of alkyl halides is 3. The van der Waals surface area contributed by atoms with Crippen LogP contribution in [-0.4, -0.2) is 9.97 Å². The van der Waals surface area contributed by atoms with Crippen molar-refractivity contribution < 1.29 is 4.42 Å². The first-order chi connectivity index (χ1) is 6.48. The quantitative estimate of drug-likeness (QED) is 0.674. The Balaban J connectivity index is 2.69. The Bertz CT molecular complexity index is 475. The minimum absolute atomic E-state index is 0.0410. The van der Waals surface area contributed by atoms with Gasteiger partial charge in [-0.05, 0) is 18.6 Å². The Morgan fingerprint density at radius 2 is 2.07 bits per heavy atom. The van der Waals surface area contributed by atoms with Crippen molar-refractivity contribution in [2.75, 3.05) is 0 Å². The summed E-state index contributed by atoms with van der Waals surface area (Å²) in [7, 11) is 0. The second-order valence-corrected chi connectivity index (χ2v) is 5.08. The lowest BCUT2D eigenvalue weighted by molar-refractivity contribution is 0.531. The van der Waals surface area contributed by atoms with E-state index in [4.69, 9.17) is 39.2 Å². The maximum Gasteiger partial charge on any atom is 0.266 e. The zero-order valence-electron chi connectivity index (χ0n) is 7.09. The van der Waals surface area contributed by atoms with Gasteiger partial charge in [-0.1, -0.05) is 34.8 Å². The Morgan fingerprint density at radius 1 is 1.36 bits per heavy atom. The van der Waals surface area contributed by atoms with Gasteiger partial charge >= 0.3 is 0 Å². The van der Waals surface area contributed by atoms with Gasteiger partial charge in [-0.25, -0.2) is 9.97 Å². The van der Waals surface area contributed by atoms with E-state index in [2.05, 4.69) is 9.97 Å². The van der Waals surface area contributed by atoms with Crippen LogP contribution in [0.2, 0.25) is 0 Å². The zero-order chi connectivity index (χ0) is 10.3. The summed E-state index contributed by atoms with van der Waals surface area (Å²) in [6.07, 6.45) is 1.62. The molecule has 0 fully saturated rings. The third-order valence-electron chi connectivity index (χ3n) is 1.74. The van der Waals surface area contributed by atoms with Gasteiger partial charge < -0.3 is 4.42 Å². The average molecular weight is 252 g/mol. The number of fused-ring (bicyclic) bond motifs is 1. The van der Waals surface area contributed by atoms with Gasteiger partial charge in [0.2, 0.25) is 11.6 Å². The molecule has 0 radical (unpaired) electrons. The van der Waals surface area contributed by atoms with Crippen molar-refractivity contribution in [2.45, 2.75) is 10.7 Å². The number of hydrogen-bond donors (Lipinski definition) is 0. The highest BCUT2D eigenvalue weighted by molar-refractivity contribution is 6.66. The molecule has 0 aromatic carbocycles. The zero-order valence-corrected chi connectivity index (χ0v) is 9.36. The Kier molecular flexibility index (Phi) is 2.33. The van der Waals surface area contributed by atoms with Crippen LogP contribution >= 0.6 is 34.8 Å². The number of oxazole rings is 1. The molecular weight excluding hydrogens is 246 g/mol. The van der Waals surface area contributed by atoms with Gasteiger partial charge in [-0.15, -0.1) is 0 Å². The molecule has 0 spiro atoms. The minimum Gasteiger partial charge on any atom is -0.418 e. The summed E-state index contributed by atoms with van der Waals surface area (Å²) in [5, 5.41) is 0. The van der Waals surface area contributed by atoms with E-state index in [0.717, 1.165) is 5.56 Å². The predicted octanol–water partition coefficient (Wildman–Crippen LogP) is 3.36. The fraction of sp³-hybridized carbons (Fsp3) is 0.250. The molecule has 6 heteroatoms. The molecule has 0 N–H and O–H groups in total. The number of pyridine rings is 1. The minimum atomic E-state index is -1.65. The number of aromatic nitrogens is 2. The highest BCUT2D eigenvalue weighted by Gasteiger charge is 2.30. The van der Waals surface area contributed by atoms with Gasteiger partial charge in [0.15, 0.2) is 0 Å². The third kappa shape index (κ3) is 1.67. The van der Waals surface area contributed by atoms with E-state index in [0.29, 0.717) is 11.2 Å². The monoisotopic (exact) mass is 250 g/mol. The maximum absolute atomic E-state index is 5.63. The molecule has 0 saturated heterocycles. The van der Waals surface area contributed by atoms with Crippen LogP contribution in [0.15, 0.2) is 16.7 Å². The van der Waals surface area contributed by atoms with Crippen LogP contribution in [0.3, 0.4) is 0 Å². The molecule has 0 saturated carbocycles. The smallest absolute Gasteiger partial charge is 0.266 e. The van der Waals surface area contributed by atoms with E-state index in [1.54, 1.807) is 6.20 Å². The molecule has 0 aliphatic rings. The first kappa shape index (κ1) is 10.0. The van der Waals surface area contributed by atoms with Crippen molar-refractivity contribution >= 4 is 46.0 Å². The molecule has 2 aromatic heterocycles. The fourth-order valence-electron chi connectivity index (χ4n) is 1.07. The lowest BCUT2D eigenvalue weighted by atomic mass is 10.3. The highest BCUT2D eigenvalue weighted by Crippen LogP contribution is 2.38. The molecular formula is C8H5Cl3N2O. The molecule has 2 rings (SSSR count). The summed E-state index contributed by atoms with van der Waals surface area (Å²) in [5.74, 6) is 0.0410. The maximum atomic E-state index is 5.63. The van der Waals surface area contributed by atoms with Crippen LogP contribution in [-0.2, 0) is 3.79 Å². The van der Waals surface area contributed by atoms with E-state index >= 15 is 0 Å². The van der Waals surface area contributed by atoms with Gasteiger partial charge in [0.1, 0.15) is 5.52 Å². The van der Waals surface area contributed by atoms with Crippen molar-refractivity contribution in [3.8, 4) is 0 Å². The van der Waals surface area contributed by atoms with Crippen molar-refractivity contribution in [1.82, 2.24) is 9.97 Å². The average Bonchev–Trinajstić information content (AvgIpc) is 2.48. The second kappa shape index (κ2) is 3.26. The summed E-state index contributed by atoms with van der Waals surface area (Å²) >= 11 is 16.9. The fourth-order valence-corrected chi connectivity index (χ4v) is 1.32. The number of halogens is 3. The highest BCUT2D eigenvalue weighted by atomic mass is 35.6. The summed E-state index contributed by atoms with van der Waals surface area (Å²) in [6, 6.07) is 1.81. The van der Waals surface area contributed by atoms with Crippen molar-refractivity contribution in [3.05, 3.63) is 23.7 Å². The number of aryl methyl sites for hydroxylation is 1. The third-order valence-corrected chi connectivity index (χ3v) is 2.23. The number of nitrogens with zero attached hydrogens (tertiary/aromatic N) is 2. The predicted molar refractivity (Wildman–Crippen MR) is 55.8 cm³/mol. The van der Waals surface area contributed by atoms with E-state index in [1.807, 2.05) is 13.0 Å². The van der Waals surface area contributed by atoms with Crippen molar-refractivity contribution in [2.24, 2.45) is 0 Å². The number of rotatable bonds is 0. The SMILES string of the molecule is Cc1ccnc2oc(C(Cl)(Cl)Cl)nc12. The Hall–Kier alpha value is -0.510. The summed E-state index contributed by atoms with van der Waals surface area (Å²) < 4.78 is 3.55. The molecule has 0 atom stereocenters. The van der Waals surface area contributed by atoms with Crippen LogP contribution in [0.25, 0.3) is 11.2 Å². The lowest BCUT2D eigenvalue weighted by Gasteiger charge is -2.02. The van der Waals surface area contributed by atoms with Gasteiger partial charge in [0, 0.05) is 6.20 Å². The van der Waals surface area contributed by atoms with Gasteiger partial charge in [0.05, 0.1) is 0 Å². The van der Waals surface area contributed by atoms with Gasteiger partial charge in [-0.2, -0.15) is 0 Å². The van der Waals surface area contributed by atoms with Crippen LogP contribution in [0.1, 0.15) is 11.5 Å². The molecule has 0 unspecified atom stereocenters. The van der Waals surface area contributed by atoms with E-state index in [-0.39, 0.29) is 5.89 Å². The number of hydrogen-bond acceptors (Lipinski definition) is 3. The van der Waals surface area contributed by atoms with Crippen LogP contribution in [0.4, 0.5) is 0 Å². The van der Waals surface area contributed by atoms with Crippen LogP contribution in [0, 0.1) is 6.92 Å². The van der Waals surface area contributed by atoms with E-state index in [1.165, 1.54) is 0 Å². The molecule has 0 amide bonds. The topological polar surface area (TPSA) is 38.9 Å². The largest absolute Gasteiger partial charge is 0.418 e. The second-order valence-electron chi connectivity index (χ2n) is 2.80. The normalized spacial score (nSPS) is 12.3. The molecule has 0 aliphatic heterocycles. The van der Waals surface area contributed by atoms with Crippen molar-refractivity contribution in [1.29, 1.82) is 0 Å². The first-order valence-electron chi connectivity index (χ1n) is 3.78. The molecule has 3 nitrogen and oxygen atoms in total. The van der Waals surface area contributed by atoms with Crippen LogP contribution in [0.5, 0.6) is 0 Å². The standard InChI is InChI=1S/C8H5Cl3N2O/c1-4-2-3-12-6-5(4)13-7(14-6)8(9,10)11/h2-3H,1H3. The van der Waals surface area contributed by atoms with Crippen molar-refractivity contribution in [3.63, 3.8) is 0 Å². The molecule has 2 heterocycles. The molecule has 2 aromatic rings. The Labute approximate surface area is 95.0 Å². The lowest BCUT2D eigenvalue weighted by Crippen LogP contribution is -1.99. The first-order valence-corrected chi connectivity index (χ1v) is 4.91. The summed E-state index contributed by atoms with van der Waals surface area (Å²) in [4.78, 5) is 8.03.